The molecule has 1 rings (SSSR count). The number of rotatable bonds is 7. The number of benzene rings is 1. The number of nitrogens with zero attached hydrogens (tertiary/aromatic N) is 1. The van der Waals surface area contributed by atoms with E-state index in [1.165, 1.54) is 0 Å². The lowest BCUT2D eigenvalue weighted by molar-refractivity contribution is 0.0962. The third-order valence-electron chi connectivity index (χ3n) is 3.27. The monoisotopic (exact) mass is 295 g/mol. The third-order valence-corrected chi connectivity index (χ3v) is 3.27. The summed E-state index contributed by atoms with van der Waals surface area (Å²) in [5.74, 6) is -1.02. The minimum atomic E-state index is -0.369. The van der Waals surface area contributed by atoms with Gasteiger partial charge in [-0.1, -0.05) is 13.8 Å². The normalized spacial score (nSPS) is 11.3. The SMILES string of the molecule is CC(C)CC(=O)c1c(O)cc(O)c(CCCN(C)C)c1O. The van der Waals surface area contributed by atoms with Crippen molar-refractivity contribution in [2.75, 3.05) is 20.6 Å². The standard InChI is InChI=1S/C16H25NO4/c1-10(2)8-13(19)15-14(20)9-12(18)11(16(15)21)6-5-7-17(3)4/h9-10,18,20-21H,5-8H2,1-4H3. The van der Waals surface area contributed by atoms with Gasteiger partial charge in [-0.3, -0.25) is 4.79 Å². The van der Waals surface area contributed by atoms with Gasteiger partial charge >= 0.3 is 0 Å². The van der Waals surface area contributed by atoms with E-state index in [1.54, 1.807) is 0 Å². The van der Waals surface area contributed by atoms with Crippen LogP contribution in [-0.2, 0) is 6.42 Å². The van der Waals surface area contributed by atoms with Gasteiger partial charge in [0.1, 0.15) is 22.8 Å². The molecular formula is C16H25NO4. The van der Waals surface area contributed by atoms with Crippen molar-refractivity contribution in [1.29, 1.82) is 0 Å². The van der Waals surface area contributed by atoms with Gasteiger partial charge in [0, 0.05) is 18.1 Å². The Bertz CT molecular complexity index is 509. The Morgan fingerprint density at radius 1 is 1.19 bits per heavy atom. The molecule has 0 bridgehead atoms. The largest absolute Gasteiger partial charge is 0.507 e. The zero-order valence-corrected chi connectivity index (χ0v) is 13.2. The van der Waals surface area contributed by atoms with Crippen LogP contribution in [0.5, 0.6) is 17.2 Å². The molecule has 3 N–H and O–H groups in total. The van der Waals surface area contributed by atoms with E-state index in [0.717, 1.165) is 19.0 Å². The van der Waals surface area contributed by atoms with Gasteiger partial charge in [0.2, 0.25) is 0 Å². The summed E-state index contributed by atoms with van der Waals surface area (Å²) in [4.78, 5) is 14.1. The molecule has 0 heterocycles. The maximum atomic E-state index is 12.1. The molecule has 0 radical (unpaired) electrons. The molecule has 0 aliphatic carbocycles. The fourth-order valence-electron chi connectivity index (χ4n) is 2.25. The van der Waals surface area contributed by atoms with Crippen LogP contribution in [0.4, 0.5) is 0 Å². The number of aromatic hydroxyl groups is 3. The first kappa shape index (κ1) is 17.3. The van der Waals surface area contributed by atoms with E-state index in [2.05, 4.69) is 0 Å². The molecule has 0 aliphatic rings. The Hall–Kier alpha value is -1.75. The van der Waals surface area contributed by atoms with E-state index >= 15 is 0 Å². The average molecular weight is 295 g/mol. The van der Waals surface area contributed by atoms with Gasteiger partial charge in [-0.2, -0.15) is 0 Å². The van der Waals surface area contributed by atoms with E-state index in [-0.39, 0.29) is 40.9 Å². The van der Waals surface area contributed by atoms with Crippen LogP contribution in [0, 0.1) is 5.92 Å². The summed E-state index contributed by atoms with van der Waals surface area (Å²) in [6, 6.07) is 1.14. The summed E-state index contributed by atoms with van der Waals surface area (Å²) in [5, 5.41) is 30.0. The lowest BCUT2D eigenvalue weighted by Crippen LogP contribution is -2.13. The van der Waals surface area contributed by atoms with Gasteiger partial charge in [-0.05, 0) is 39.4 Å². The number of ketones is 1. The van der Waals surface area contributed by atoms with E-state index in [1.807, 2.05) is 32.8 Å². The van der Waals surface area contributed by atoms with E-state index in [9.17, 15) is 20.1 Å². The molecule has 0 aliphatic heterocycles. The number of hydrogen-bond acceptors (Lipinski definition) is 5. The van der Waals surface area contributed by atoms with Crippen LogP contribution in [0.15, 0.2) is 6.07 Å². The van der Waals surface area contributed by atoms with Crippen LogP contribution >= 0.6 is 0 Å². The maximum absolute atomic E-state index is 12.1. The van der Waals surface area contributed by atoms with Crippen molar-refractivity contribution in [2.45, 2.75) is 33.1 Å². The molecule has 118 valence electrons. The quantitative estimate of drug-likeness (QED) is 0.673. The Morgan fingerprint density at radius 2 is 1.81 bits per heavy atom. The van der Waals surface area contributed by atoms with Gasteiger partial charge in [-0.15, -0.1) is 0 Å². The smallest absolute Gasteiger partial charge is 0.170 e. The molecule has 1 aromatic carbocycles. The second-order valence-corrected chi connectivity index (χ2v) is 6.04. The average Bonchev–Trinajstić information content (AvgIpc) is 2.31. The van der Waals surface area contributed by atoms with Crippen molar-refractivity contribution in [1.82, 2.24) is 4.90 Å². The molecule has 0 fully saturated rings. The first-order valence-corrected chi connectivity index (χ1v) is 7.18. The van der Waals surface area contributed by atoms with Crippen molar-refractivity contribution >= 4 is 5.78 Å². The maximum Gasteiger partial charge on any atom is 0.170 e. The summed E-state index contributed by atoms with van der Waals surface area (Å²) >= 11 is 0. The third kappa shape index (κ3) is 4.63. The molecule has 21 heavy (non-hydrogen) atoms. The van der Waals surface area contributed by atoms with Crippen molar-refractivity contribution in [2.24, 2.45) is 5.92 Å². The zero-order chi connectivity index (χ0) is 16.2. The summed E-state index contributed by atoms with van der Waals surface area (Å²) in [5.41, 5.74) is 0.239. The highest BCUT2D eigenvalue weighted by molar-refractivity contribution is 6.02. The molecule has 5 heteroatoms. The Morgan fingerprint density at radius 3 is 2.33 bits per heavy atom. The van der Waals surface area contributed by atoms with Crippen LogP contribution in [0.3, 0.4) is 0 Å². The minimum absolute atomic E-state index is 0.0821. The molecule has 0 unspecified atom stereocenters. The topological polar surface area (TPSA) is 81.0 Å². The van der Waals surface area contributed by atoms with Crippen molar-refractivity contribution in [3.05, 3.63) is 17.2 Å². The van der Waals surface area contributed by atoms with Crippen LogP contribution in [0.2, 0.25) is 0 Å². The molecular weight excluding hydrogens is 270 g/mol. The summed E-state index contributed by atoms with van der Waals surface area (Å²) in [6.07, 6.45) is 1.41. The van der Waals surface area contributed by atoms with E-state index < -0.39 is 0 Å². The van der Waals surface area contributed by atoms with Gasteiger partial charge < -0.3 is 20.2 Å². The zero-order valence-electron chi connectivity index (χ0n) is 13.2. The number of carbonyl (C=O) groups excluding carboxylic acids is 1. The van der Waals surface area contributed by atoms with Gasteiger partial charge in [0.25, 0.3) is 0 Å². The molecule has 1 aromatic rings. The van der Waals surface area contributed by atoms with Crippen LogP contribution < -0.4 is 0 Å². The number of hydrogen-bond donors (Lipinski definition) is 3. The fraction of sp³-hybridized carbons (Fsp3) is 0.562. The van der Waals surface area contributed by atoms with Gasteiger partial charge in [0.05, 0.1) is 0 Å². The van der Waals surface area contributed by atoms with Crippen LogP contribution in [0.25, 0.3) is 0 Å². The molecule has 0 saturated heterocycles. The summed E-state index contributed by atoms with van der Waals surface area (Å²) in [6.45, 7) is 4.59. The molecule has 0 spiro atoms. The molecule has 0 aromatic heterocycles. The lowest BCUT2D eigenvalue weighted by atomic mass is 9.95. The predicted molar refractivity (Wildman–Crippen MR) is 82.1 cm³/mol. The number of carbonyl (C=O) groups is 1. The van der Waals surface area contributed by atoms with Crippen LogP contribution in [-0.4, -0.2) is 46.6 Å². The Labute approximate surface area is 125 Å². The lowest BCUT2D eigenvalue weighted by Gasteiger charge is -2.15. The van der Waals surface area contributed by atoms with E-state index in [4.69, 9.17) is 0 Å². The summed E-state index contributed by atoms with van der Waals surface area (Å²) < 4.78 is 0. The first-order valence-electron chi connectivity index (χ1n) is 7.18. The predicted octanol–water partition coefficient (Wildman–Crippen LogP) is 2.53. The number of phenolic OH excluding ortho intramolecular Hbond substituents is 3. The highest BCUT2D eigenvalue weighted by Gasteiger charge is 2.22. The molecule has 5 nitrogen and oxygen atoms in total. The van der Waals surface area contributed by atoms with Crippen LogP contribution in [0.1, 0.15) is 42.6 Å². The summed E-state index contributed by atoms with van der Waals surface area (Å²) in [7, 11) is 3.88. The number of Topliss-reactive ketones (excluding diaryl/α,β-unsaturated/α-hetero) is 1. The molecule has 0 amide bonds. The van der Waals surface area contributed by atoms with Crippen molar-refractivity contribution in [3.8, 4) is 17.2 Å². The van der Waals surface area contributed by atoms with Gasteiger partial charge in [-0.25, -0.2) is 0 Å². The first-order chi connectivity index (χ1) is 9.73. The second kappa shape index (κ2) is 7.31. The molecule has 0 saturated carbocycles. The fourth-order valence-corrected chi connectivity index (χ4v) is 2.25. The minimum Gasteiger partial charge on any atom is -0.507 e. The highest BCUT2D eigenvalue weighted by atomic mass is 16.3. The van der Waals surface area contributed by atoms with Crippen molar-refractivity contribution in [3.63, 3.8) is 0 Å². The molecule has 0 atom stereocenters. The van der Waals surface area contributed by atoms with E-state index in [0.29, 0.717) is 12.0 Å². The highest BCUT2D eigenvalue weighted by Crippen LogP contribution is 2.39. The number of phenols is 3. The second-order valence-electron chi connectivity index (χ2n) is 6.04. The van der Waals surface area contributed by atoms with Crippen molar-refractivity contribution < 1.29 is 20.1 Å². The van der Waals surface area contributed by atoms with Gasteiger partial charge in [0.15, 0.2) is 5.78 Å². The Balaban J connectivity index is 3.07. The Kier molecular flexibility index (Phi) is 6.03.